The van der Waals surface area contributed by atoms with Gasteiger partial charge in [0.1, 0.15) is 0 Å². The fourth-order valence-electron chi connectivity index (χ4n) is 0.364. The molecule has 0 radical (unpaired) electrons. The van der Waals surface area contributed by atoms with E-state index < -0.39 is 0 Å². The molecule has 0 rings (SSSR count). The van der Waals surface area contributed by atoms with Gasteiger partial charge in [0.25, 0.3) is 0 Å². The van der Waals surface area contributed by atoms with Crippen LogP contribution in [0.4, 0.5) is 0 Å². The minimum Gasteiger partial charge on any atom is -0.396 e. The predicted molar refractivity (Wildman–Crippen MR) is 32.7 cm³/mol. The molecule has 0 atom stereocenters. The molecule has 56 valence electrons. The summed E-state index contributed by atoms with van der Waals surface area (Å²) in [6.07, 6.45) is 0. The molecule has 0 aliphatic heterocycles. The van der Waals surface area contributed by atoms with Gasteiger partial charge in [0.2, 0.25) is 0 Å². The molecule has 0 spiro atoms. The van der Waals surface area contributed by atoms with Gasteiger partial charge in [-0.15, -0.1) is 0 Å². The zero-order valence-electron chi connectivity index (χ0n) is 5.50. The van der Waals surface area contributed by atoms with Gasteiger partial charge in [-0.05, 0) is 0 Å². The summed E-state index contributed by atoms with van der Waals surface area (Å²) in [5.74, 6) is -0.169. The highest BCUT2D eigenvalue weighted by Gasteiger charge is 2.03. The first-order chi connectivity index (χ1) is 4.35. The van der Waals surface area contributed by atoms with E-state index in [4.69, 9.17) is 15.1 Å². The molecule has 9 heavy (non-hydrogen) atoms. The molecule has 0 unspecified atom stereocenters. The maximum Gasteiger partial charge on any atom is 0.0754 e. The summed E-state index contributed by atoms with van der Waals surface area (Å²) >= 11 is 0. The van der Waals surface area contributed by atoms with Gasteiger partial charge in [0, 0.05) is 13.0 Å². The van der Waals surface area contributed by atoms with E-state index in [0.29, 0.717) is 6.61 Å². The first kappa shape index (κ1) is 8.84. The van der Waals surface area contributed by atoms with Crippen LogP contribution in [0.25, 0.3) is 0 Å². The SMILES string of the molecule is CNOCC(CO)CO. The van der Waals surface area contributed by atoms with Crippen molar-refractivity contribution in [3.8, 4) is 0 Å². The Balaban J connectivity index is 3.09. The maximum absolute atomic E-state index is 8.48. The number of rotatable bonds is 5. The van der Waals surface area contributed by atoms with Crippen LogP contribution in [0.2, 0.25) is 0 Å². The fourth-order valence-corrected chi connectivity index (χ4v) is 0.364. The molecule has 0 aliphatic rings. The third-order valence-corrected chi connectivity index (χ3v) is 0.980. The molecular weight excluding hydrogens is 122 g/mol. The van der Waals surface area contributed by atoms with E-state index in [1.54, 1.807) is 7.05 Å². The largest absolute Gasteiger partial charge is 0.396 e. The quantitative estimate of drug-likeness (QED) is 0.412. The number of hydrogen-bond acceptors (Lipinski definition) is 4. The summed E-state index contributed by atoms with van der Waals surface area (Å²) in [6, 6.07) is 0. The van der Waals surface area contributed by atoms with Gasteiger partial charge in [-0.3, -0.25) is 0 Å². The Morgan fingerprint density at radius 2 is 2.00 bits per heavy atom. The Kier molecular flexibility index (Phi) is 5.86. The number of hydrogen-bond donors (Lipinski definition) is 3. The Hall–Kier alpha value is -0.160. The van der Waals surface area contributed by atoms with Crippen molar-refractivity contribution in [1.82, 2.24) is 5.48 Å². The van der Waals surface area contributed by atoms with Crippen molar-refractivity contribution in [2.45, 2.75) is 0 Å². The van der Waals surface area contributed by atoms with Crippen molar-refractivity contribution in [3.63, 3.8) is 0 Å². The lowest BCUT2D eigenvalue weighted by atomic mass is 10.2. The van der Waals surface area contributed by atoms with Crippen molar-refractivity contribution in [2.75, 3.05) is 26.9 Å². The van der Waals surface area contributed by atoms with Gasteiger partial charge < -0.3 is 15.1 Å². The molecular formula is C5H13NO3. The lowest BCUT2D eigenvalue weighted by Gasteiger charge is -2.08. The van der Waals surface area contributed by atoms with Crippen molar-refractivity contribution in [2.24, 2.45) is 5.92 Å². The van der Waals surface area contributed by atoms with Crippen molar-refractivity contribution >= 4 is 0 Å². The molecule has 3 N–H and O–H groups in total. The summed E-state index contributed by atoms with van der Waals surface area (Å²) in [6.45, 7) is 0.250. The Bertz CT molecular complexity index is 56.2. The highest BCUT2D eigenvalue weighted by molar-refractivity contribution is 4.51. The summed E-state index contributed by atoms with van der Waals surface area (Å²) in [5, 5.41) is 17.0. The zero-order valence-corrected chi connectivity index (χ0v) is 5.50. The van der Waals surface area contributed by atoms with Crippen molar-refractivity contribution < 1.29 is 15.1 Å². The Morgan fingerprint density at radius 1 is 1.44 bits per heavy atom. The minimum absolute atomic E-state index is 0.0435. The van der Waals surface area contributed by atoms with Gasteiger partial charge in [-0.2, -0.15) is 0 Å². The molecule has 0 aliphatic carbocycles. The van der Waals surface area contributed by atoms with Crippen LogP contribution < -0.4 is 5.48 Å². The van der Waals surface area contributed by atoms with E-state index in [1.807, 2.05) is 0 Å². The molecule has 0 amide bonds. The highest BCUT2D eigenvalue weighted by atomic mass is 16.6. The second kappa shape index (κ2) is 5.97. The minimum atomic E-state index is -0.169. The van der Waals surface area contributed by atoms with Gasteiger partial charge >= 0.3 is 0 Å². The molecule has 0 aromatic heterocycles. The third-order valence-electron chi connectivity index (χ3n) is 0.980. The van der Waals surface area contributed by atoms with E-state index in [2.05, 4.69) is 5.48 Å². The lowest BCUT2D eigenvalue weighted by Crippen LogP contribution is -2.21. The van der Waals surface area contributed by atoms with Crippen LogP contribution in [-0.4, -0.2) is 37.1 Å². The Labute approximate surface area is 54.4 Å². The third kappa shape index (κ3) is 4.35. The molecule has 0 fully saturated rings. The van der Waals surface area contributed by atoms with Crippen molar-refractivity contribution in [1.29, 1.82) is 0 Å². The van der Waals surface area contributed by atoms with Crippen LogP contribution in [0, 0.1) is 5.92 Å². The fraction of sp³-hybridized carbons (Fsp3) is 1.00. The van der Waals surface area contributed by atoms with Gasteiger partial charge in [0.05, 0.1) is 19.8 Å². The summed E-state index contributed by atoms with van der Waals surface area (Å²) in [7, 11) is 1.63. The van der Waals surface area contributed by atoms with Gasteiger partial charge in [-0.25, -0.2) is 5.48 Å². The van der Waals surface area contributed by atoms with E-state index in [0.717, 1.165) is 0 Å². The van der Waals surface area contributed by atoms with Crippen LogP contribution in [-0.2, 0) is 4.84 Å². The van der Waals surface area contributed by atoms with E-state index in [1.165, 1.54) is 0 Å². The topological polar surface area (TPSA) is 61.7 Å². The number of aliphatic hydroxyl groups excluding tert-OH is 2. The van der Waals surface area contributed by atoms with E-state index in [-0.39, 0.29) is 19.1 Å². The Morgan fingerprint density at radius 3 is 2.33 bits per heavy atom. The number of aliphatic hydroxyl groups is 2. The molecule has 4 nitrogen and oxygen atoms in total. The smallest absolute Gasteiger partial charge is 0.0754 e. The van der Waals surface area contributed by atoms with Crippen LogP contribution in [0.3, 0.4) is 0 Å². The summed E-state index contributed by atoms with van der Waals surface area (Å²) in [5.41, 5.74) is 2.44. The normalized spacial score (nSPS) is 10.7. The standard InChI is InChI=1S/C5H13NO3/c1-6-9-4-5(2-7)3-8/h5-8H,2-4H2,1H3. The number of nitrogens with one attached hydrogen (secondary N) is 1. The monoisotopic (exact) mass is 135 g/mol. The first-order valence-corrected chi connectivity index (χ1v) is 2.85. The van der Waals surface area contributed by atoms with Crippen molar-refractivity contribution in [3.05, 3.63) is 0 Å². The molecule has 0 saturated heterocycles. The predicted octanol–water partition coefficient (Wildman–Crippen LogP) is -1.26. The summed E-state index contributed by atoms with van der Waals surface area (Å²) < 4.78 is 0. The van der Waals surface area contributed by atoms with E-state index in [9.17, 15) is 0 Å². The second-order valence-electron chi connectivity index (χ2n) is 1.75. The summed E-state index contributed by atoms with van der Waals surface area (Å²) in [4.78, 5) is 4.71. The second-order valence-corrected chi connectivity index (χ2v) is 1.75. The van der Waals surface area contributed by atoms with Crippen LogP contribution >= 0.6 is 0 Å². The molecule has 0 saturated carbocycles. The molecule has 0 bridgehead atoms. The van der Waals surface area contributed by atoms with Crippen LogP contribution in [0.15, 0.2) is 0 Å². The zero-order chi connectivity index (χ0) is 7.11. The van der Waals surface area contributed by atoms with Gasteiger partial charge in [0.15, 0.2) is 0 Å². The molecule has 0 aromatic rings. The average molecular weight is 135 g/mol. The molecule has 0 aromatic carbocycles. The molecule has 0 heterocycles. The highest BCUT2D eigenvalue weighted by Crippen LogP contribution is 1.91. The van der Waals surface area contributed by atoms with Gasteiger partial charge in [-0.1, -0.05) is 0 Å². The maximum atomic E-state index is 8.48. The molecule has 4 heteroatoms. The van der Waals surface area contributed by atoms with Crippen LogP contribution in [0.1, 0.15) is 0 Å². The van der Waals surface area contributed by atoms with E-state index >= 15 is 0 Å². The lowest BCUT2D eigenvalue weighted by molar-refractivity contribution is 0.0000150. The number of hydroxylamine groups is 1. The van der Waals surface area contributed by atoms with Crippen LogP contribution in [0.5, 0.6) is 0 Å². The first-order valence-electron chi connectivity index (χ1n) is 2.85. The average Bonchev–Trinajstić information content (AvgIpc) is 1.91.